The van der Waals surface area contributed by atoms with Crippen LogP contribution in [0.25, 0.3) is 10.9 Å². The van der Waals surface area contributed by atoms with E-state index in [2.05, 4.69) is 35.4 Å². The molecule has 3 aromatic rings. The van der Waals surface area contributed by atoms with E-state index >= 15 is 0 Å². The monoisotopic (exact) mass is 322 g/mol. The van der Waals surface area contributed by atoms with Crippen LogP contribution in [0.4, 0.5) is 0 Å². The number of carbonyl (C=O) groups excluding carboxylic acids is 1. The molecule has 4 nitrogen and oxygen atoms in total. The molecule has 3 rings (SSSR count). The van der Waals surface area contributed by atoms with Crippen LogP contribution in [0.2, 0.25) is 0 Å². The van der Waals surface area contributed by atoms with Gasteiger partial charge in [-0.3, -0.25) is 9.48 Å². The van der Waals surface area contributed by atoms with Crippen molar-refractivity contribution in [3.8, 4) is 0 Å². The number of ether oxygens (including phenoxy) is 1. The van der Waals surface area contributed by atoms with Crippen LogP contribution in [-0.2, 0) is 16.6 Å². The molecule has 0 radical (unpaired) electrons. The highest BCUT2D eigenvalue weighted by atomic mass is 16.5. The van der Waals surface area contributed by atoms with Gasteiger partial charge < -0.3 is 4.74 Å². The largest absolute Gasteiger partial charge is 0.469 e. The molecule has 0 aliphatic carbocycles. The lowest BCUT2D eigenvalue weighted by Crippen LogP contribution is -2.33. The summed E-state index contributed by atoms with van der Waals surface area (Å²) in [5, 5.41) is 5.37. The second kappa shape index (κ2) is 6.11. The zero-order chi connectivity index (χ0) is 17.3. The Morgan fingerprint density at radius 3 is 2.50 bits per heavy atom. The fourth-order valence-electron chi connectivity index (χ4n) is 3.41. The van der Waals surface area contributed by atoms with Gasteiger partial charge in [-0.05, 0) is 37.1 Å². The van der Waals surface area contributed by atoms with Crippen molar-refractivity contribution < 1.29 is 9.53 Å². The Morgan fingerprint density at radius 2 is 1.83 bits per heavy atom. The number of aryl methyl sites for hydroxylation is 1. The van der Waals surface area contributed by atoms with Crippen molar-refractivity contribution in [3.63, 3.8) is 0 Å². The van der Waals surface area contributed by atoms with E-state index in [0.29, 0.717) is 0 Å². The number of aromatic nitrogens is 2. The summed E-state index contributed by atoms with van der Waals surface area (Å²) in [4.78, 5) is 12.5. The van der Waals surface area contributed by atoms with Crippen molar-refractivity contribution in [3.05, 3.63) is 65.9 Å². The van der Waals surface area contributed by atoms with Crippen LogP contribution in [0.1, 0.15) is 30.9 Å². The van der Waals surface area contributed by atoms with Gasteiger partial charge in [0.15, 0.2) is 0 Å². The highest BCUT2D eigenvalue weighted by Crippen LogP contribution is 2.42. The van der Waals surface area contributed by atoms with Crippen molar-refractivity contribution in [2.75, 3.05) is 7.11 Å². The lowest BCUT2D eigenvalue weighted by Gasteiger charge is -2.32. The molecule has 1 aromatic heterocycles. The van der Waals surface area contributed by atoms with Gasteiger partial charge in [-0.25, -0.2) is 0 Å². The fourth-order valence-corrected chi connectivity index (χ4v) is 3.41. The molecular weight excluding hydrogens is 300 g/mol. The Kier molecular flexibility index (Phi) is 4.14. The number of rotatable bonds is 4. The van der Waals surface area contributed by atoms with Gasteiger partial charge in [0.25, 0.3) is 0 Å². The van der Waals surface area contributed by atoms with E-state index in [-0.39, 0.29) is 11.9 Å². The molecular formula is C20H22N2O2. The molecule has 4 heteroatoms. The summed E-state index contributed by atoms with van der Waals surface area (Å²) in [5.41, 5.74) is 2.56. The van der Waals surface area contributed by atoms with Crippen molar-refractivity contribution in [2.24, 2.45) is 12.5 Å². The van der Waals surface area contributed by atoms with Crippen LogP contribution in [0.15, 0.2) is 54.7 Å². The highest BCUT2D eigenvalue weighted by Gasteiger charge is 2.39. The first-order chi connectivity index (χ1) is 11.4. The second-order valence-electron chi connectivity index (χ2n) is 6.64. The molecule has 1 unspecified atom stereocenters. The topological polar surface area (TPSA) is 44.1 Å². The first-order valence-corrected chi connectivity index (χ1v) is 8.00. The van der Waals surface area contributed by atoms with Gasteiger partial charge in [0.05, 0.1) is 24.2 Å². The summed E-state index contributed by atoms with van der Waals surface area (Å²) in [6.45, 7) is 3.87. The first kappa shape index (κ1) is 16.2. The van der Waals surface area contributed by atoms with Crippen molar-refractivity contribution >= 4 is 16.9 Å². The summed E-state index contributed by atoms with van der Waals surface area (Å²) in [7, 11) is 3.37. The van der Waals surface area contributed by atoms with E-state index in [4.69, 9.17) is 4.74 Å². The van der Waals surface area contributed by atoms with Crippen LogP contribution in [0.3, 0.4) is 0 Å². The number of benzene rings is 2. The van der Waals surface area contributed by atoms with Gasteiger partial charge in [0, 0.05) is 18.4 Å². The molecule has 0 bridgehead atoms. The molecule has 0 N–H and O–H groups in total. The van der Waals surface area contributed by atoms with E-state index in [9.17, 15) is 4.79 Å². The minimum Gasteiger partial charge on any atom is -0.469 e. The quantitative estimate of drug-likeness (QED) is 0.684. The third-order valence-electron chi connectivity index (χ3n) is 4.67. The molecule has 0 saturated heterocycles. The molecule has 24 heavy (non-hydrogen) atoms. The number of hydrogen-bond acceptors (Lipinski definition) is 3. The number of fused-ring (bicyclic) bond motifs is 1. The summed E-state index contributed by atoms with van der Waals surface area (Å²) in [5.74, 6) is -0.321. The maximum atomic E-state index is 12.5. The highest BCUT2D eigenvalue weighted by molar-refractivity contribution is 5.81. The maximum Gasteiger partial charge on any atom is 0.312 e. The van der Waals surface area contributed by atoms with Crippen LogP contribution >= 0.6 is 0 Å². The number of esters is 1. The van der Waals surface area contributed by atoms with Gasteiger partial charge >= 0.3 is 5.97 Å². The Bertz CT molecular complexity index is 866. The van der Waals surface area contributed by atoms with E-state index in [1.807, 2.05) is 50.0 Å². The minimum absolute atomic E-state index is 0.101. The SMILES string of the molecule is COC(=O)C(C)(C)C(c1ccccc1)c1ccc2c(cnn2C)c1. The molecule has 1 heterocycles. The zero-order valence-electron chi connectivity index (χ0n) is 14.5. The van der Waals surface area contributed by atoms with Gasteiger partial charge in [0.2, 0.25) is 0 Å². The van der Waals surface area contributed by atoms with Crippen molar-refractivity contribution in [1.82, 2.24) is 9.78 Å². The van der Waals surface area contributed by atoms with Crippen molar-refractivity contribution in [2.45, 2.75) is 19.8 Å². The maximum absolute atomic E-state index is 12.5. The molecule has 0 fully saturated rings. The first-order valence-electron chi connectivity index (χ1n) is 8.00. The third kappa shape index (κ3) is 2.68. The summed E-state index contributed by atoms with van der Waals surface area (Å²) < 4.78 is 6.92. The van der Waals surface area contributed by atoms with E-state index < -0.39 is 5.41 Å². The summed E-state index contributed by atoms with van der Waals surface area (Å²) >= 11 is 0. The Morgan fingerprint density at radius 1 is 1.12 bits per heavy atom. The Balaban J connectivity index is 2.18. The molecule has 0 spiro atoms. The number of hydrogen-bond donors (Lipinski definition) is 0. The predicted molar refractivity (Wildman–Crippen MR) is 94.8 cm³/mol. The standard InChI is InChI=1S/C20H22N2O2/c1-20(2,19(23)24-4)18(14-8-6-5-7-9-14)15-10-11-17-16(12-15)13-21-22(17)3/h5-13,18H,1-4H3. The van der Waals surface area contributed by atoms with Crippen molar-refractivity contribution in [1.29, 1.82) is 0 Å². The third-order valence-corrected chi connectivity index (χ3v) is 4.67. The molecule has 2 aromatic carbocycles. The van der Waals surface area contributed by atoms with Crippen LogP contribution in [-0.4, -0.2) is 22.9 Å². The molecule has 0 aliphatic rings. The smallest absolute Gasteiger partial charge is 0.312 e. The van der Waals surface area contributed by atoms with Gasteiger partial charge in [-0.1, -0.05) is 36.4 Å². The van der Waals surface area contributed by atoms with Crippen LogP contribution in [0, 0.1) is 5.41 Å². The number of methoxy groups -OCH3 is 1. The molecule has 0 saturated carbocycles. The van der Waals surface area contributed by atoms with Crippen LogP contribution < -0.4 is 0 Å². The normalized spacial score (nSPS) is 13.0. The minimum atomic E-state index is -0.689. The lowest BCUT2D eigenvalue weighted by molar-refractivity contribution is -0.151. The predicted octanol–water partition coefficient (Wildman–Crippen LogP) is 3.90. The lowest BCUT2D eigenvalue weighted by atomic mass is 9.71. The average molecular weight is 322 g/mol. The zero-order valence-corrected chi connectivity index (χ0v) is 14.5. The Labute approximate surface area is 142 Å². The molecule has 0 aliphatic heterocycles. The summed E-state index contributed by atoms with van der Waals surface area (Å²) in [6, 6.07) is 16.3. The van der Waals surface area contributed by atoms with Gasteiger partial charge in [0.1, 0.15) is 0 Å². The molecule has 1 atom stereocenters. The number of nitrogens with zero attached hydrogens (tertiary/aromatic N) is 2. The van der Waals surface area contributed by atoms with Gasteiger partial charge in [-0.15, -0.1) is 0 Å². The second-order valence-corrected chi connectivity index (χ2v) is 6.64. The fraction of sp³-hybridized carbons (Fsp3) is 0.300. The van der Waals surface area contributed by atoms with Gasteiger partial charge in [-0.2, -0.15) is 5.10 Å². The average Bonchev–Trinajstić information content (AvgIpc) is 2.95. The van der Waals surface area contributed by atoms with E-state index in [0.717, 1.165) is 22.0 Å². The van der Waals surface area contributed by atoms with E-state index in [1.165, 1.54) is 7.11 Å². The number of carbonyl (C=O) groups is 1. The van der Waals surface area contributed by atoms with E-state index in [1.54, 1.807) is 0 Å². The summed E-state index contributed by atoms with van der Waals surface area (Å²) in [6.07, 6.45) is 1.85. The molecule has 0 amide bonds. The van der Waals surface area contributed by atoms with Crippen LogP contribution in [0.5, 0.6) is 0 Å². The Hall–Kier alpha value is -2.62. The molecule has 124 valence electrons.